The Bertz CT molecular complexity index is 485. The highest BCUT2D eigenvalue weighted by molar-refractivity contribution is 5.88. The summed E-state index contributed by atoms with van der Waals surface area (Å²) < 4.78 is 4.50. The standard InChI is InChI=1S/C14H19NO3/c1-14(2,3)10-7-9(5-6-12(16)18-4)13(17)11(15)8-10/h5-8,17H,15H2,1-4H3/b6-5+. The average molecular weight is 249 g/mol. The van der Waals surface area contributed by atoms with E-state index < -0.39 is 5.97 Å². The number of phenolic OH excluding ortho intramolecular Hbond substituents is 1. The first-order valence-electron chi connectivity index (χ1n) is 5.64. The van der Waals surface area contributed by atoms with Gasteiger partial charge in [0.15, 0.2) is 0 Å². The van der Waals surface area contributed by atoms with E-state index in [4.69, 9.17) is 5.73 Å². The Morgan fingerprint density at radius 3 is 2.50 bits per heavy atom. The number of hydrogen-bond acceptors (Lipinski definition) is 4. The smallest absolute Gasteiger partial charge is 0.330 e. The van der Waals surface area contributed by atoms with Gasteiger partial charge in [-0.2, -0.15) is 0 Å². The Kier molecular flexibility index (Phi) is 4.01. The van der Waals surface area contributed by atoms with Gasteiger partial charge in [-0.05, 0) is 29.2 Å². The van der Waals surface area contributed by atoms with E-state index in [2.05, 4.69) is 4.74 Å². The van der Waals surface area contributed by atoms with Gasteiger partial charge in [0.05, 0.1) is 12.8 Å². The van der Waals surface area contributed by atoms with Crippen molar-refractivity contribution in [2.45, 2.75) is 26.2 Å². The summed E-state index contributed by atoms with van der Waals surface area (Å²) in [4.78, 5) is 11.0. The van der Waals surface area contributed by atoms with Gasteiger partial charge < -0.3 is 15.6 Å². The molecule has 0 unspecified atom stereocenters. The van der Waals surface area contributed by atoms with E-state index in [0.717, 1.165) is 5.56 Å². The van der Waals surface area contributed by atoms with Gasteiger partial charge in [-0.1, -0.05) is 20.8 Å². The second kappa shape index (κ2) is 5.12. The lowest BCUT2D eigenvalue weighted by atomic mass is 9.85. The summed E-state index contributed by atoms with van der Waals surface area (Å²) in [5.41, 5.74) is 7.46. The number of carbonyl (C=O) groups excluding carboxylic acids is 1. The summed E-state index contributed by atoms with van der Waals surface area (Å²) >= 11 is 0. The molecule has 0 aliphatic rings. The lowest BCUT2D eigenvalue weighted by Gasteiger charge is -2.20. The van der Waals surface area contributed by atoms with Crippen molar-refractivity contribution in [3.63, 3.8) is 0 Å². The topological polar surface area (TPSA) is 72.5 Å². The Morgan fingerprint density at radius 1 is 1.39 bits per heavy atom. The number of ether oxygens (including phenoxy) is 1. The zero-order valence-electron chi connectivity index (χ0n) is 11.2. The van der Waals surface area contributed by atoms with Gasteiger partial charge in [0.25, 0.3) is 0 Å². The zero-order valence-corrected chi connectivity index (χ0v) is 11.2. The average Bonchev–Trinajstić information content (AvgIpc) is 2.28. The fourth-order valence-corrected chi connectivity index (χ4v) is 1.47. The van der Waals surface area contributed by atoms with Crippen LogP contribution in [0.4, 0.5) is 5.69 Å². The number of nitrogens with two attached hydrogens (primary N) is 1. The van der Waals surface area contributed by atoms with Crippen LogP contribution in [-0.2, 0) is 14.9 Å². The lowest BCUT2D eigenvalue weighted by molar-refractivity contribution is -0.134. The Balaban J connectivity index is 3.23. The zero-order chi connectivity index (χ0) is 13.9. The molecule has 0 aliphatic heterocycles. The molecule has 0 atom stereocenters. The maximum atomic E-state index is 11.0. The summed E-state index contributed by atoms with van der Waals surface area (Å²) in [6, 6.07) is 3.55. The molecule has 0 radical (unpaired) electrons. The van der Waals surface area contributed by atoms with Gasteiger partial charge in [0.2, 0.25) is 0 Å². The Morgan fingerprint density at radius 2 is 2.00 bits per heavy atom. The fourth-order valence-electron chi connectivity index (χ4n) is 1.47. The Labute approximate surface area is 107 Å². The van der Waals surface area contributed by atoms with Crippen molar-refractivity contribution in [1.82, 2.24) is 0 Å². The predicted molar refractivity (Wildman–Crippen MR) is 72.3 cm³/mol. The van der Waals surface area contributed by atoms with Gasteiger partial charge in [0.1, 0.15) is 5.75 Å². The summed E-state index contributed by atoms with van der Waals surface area (Å²) in [6.45, 7) is 6.14. The van der Waals surface area contributed by atoms with Crippen LogP contribution in [0.5, 0.6) is 5.75 Å². The molecule has 0 saturated heterocycles. The van der Waals surface area contributed by atoms with Crippen LogP contribution in [0.25, 0.3) is 6.08 Å². The van der Waals surface area contributed by atoms with E-state index in [0.29, 0.717) is 11.3 Å². The molecule has 4 nitrogen and oxygen atoms in total. The van der Waals surface area contributed by atoms with E-state index in [9.17, 15) is 9.90 Å². The number of rotatable bonds is 2. The summed E-state index contributed by atoms with van der Waals surface area (Å²) in [5.74, 6) is -0.503. The molecule has 0 bridgehead atoms. The molecule has 3 N–H and O–H groups in total. The number of aromatic hydroxyl groups is 1. The number of hydrogen-bond donors (Lipinski definition) is 2. The first kappa shape index (κ1) is 14.1. The van der Waals surface area contributed by atoms with Gasteiger partial charge in [-0.3, -0.25) is 0 Å². The summed E-state index contributed by atoms with van der Waals surface area (Å²) in [6.07, 6.45) is 2.74. The second-order valence-corrected chi connectivity index (χ2v) is 5.11. The van der Waals surface area contributed by atoms with Crippen molar-refractivity contribution in [2.24, 2.45) is 0 Å². The van der Waals surface area contributed by atoms with Crippen LogP contribution >= 0.6 is 0 Å². The van der Waals surface area contributed by atoms with Crippen LogP contribution in [0.3, 0.4) is 0 Å². The number of nitrogen functional groups attached to an aromatic ring is 1. The van der Waals surface area contributed by atoms with E-state index in [1.807, 2.05) is 26.8 Å². The minimum Gasteiger partial charge on any atom is -0.505 e. The number of esters is 1. The number of carbonyl (C=O) groups is 1. The van der Waals surface area contributed by atoms with Crippen LogP contribution in [-0.4, -0.2) is 18.2 Å². The van der Waals surface area contributed by atoms with Crippen LogP contribution in [0.15, 0.2) is 18.2 Å². The molecule has 0 aromatic heterocycles. The molecular weight excluding hydrogens is 230 g/mol. The predicted octanol–water partition coefficient (Wildman–Crippen LogP) is 2.46. The van der Waals surface area contributed by atoms with Crippen LogP contribution < -0.4 is 5.73 Å². The first-order valence-corrected chi connectivity index (χ1v) is 5.64. The highest BCUT2D eigenvalue weighted by Gasteiger charge is 2.16. The fraction of sp³-hybridized carbons (Fsp3) is 0.357. The minimum absolute atomic E-state index is 0.0249. The summed E-state index contributed by atoms with van der Waals surface area (Å²) in [5, 5.41) is 9.84. The third-order valence-electron chi connectivity index (χ3n) is 2.64. The van der Waals surface area contributed by atoms with Crippen molar-refractivity contribution in [1.29, 1.82) is 0 Å². The highest BCUT2D eigenvalue weighted by atomic mass is 16.5. The van der Waals surface area contributed by atoms with Crippen molar-refractivity contribution < 1.29 is 14.6 Å². The molecule has 0 saturated carbocycles. The van der Waals surface area contributed by atoms with Gasteiger partial charge in [-0.25, -0.2) is 4.79 Å². The monoisotopic (exact) mass is 249 g/mol. The molecule has 1 aromatic carbocycles. The van der Waals surface area contributed by atoms with Crippen molar-refractivity contribution in [2.75, 3.05) is 12.8 Å². The van der Waals surface area contributed by atoms with E-state index in [1.54, 1.807) is 6.07 Å². The first-order chi connectivity index (χ1) is 8.25. The maximum absolute atomic E-state index is 11.0. The third-order valence-corrected chi connectivity index (χ3v) is 2.64. The Hall–Kier alpha value is -1.97. The van der Waals surface area contributed by atoms with E-state index >= 15 is 0 Å². The lowest BCUT2D eigenvalue weighted by Crippen LogP contribution is -2.11. The molecule has 0 fully saturated rings. The SMILES string of the molecule is COC(=O)/C=C/c1cc(C(C)(C)C)cc(N)c1O. The molecule has 0 amide bonds. The largest absolute Gasteiger partial charge is 0.505 e. The van der Waals surface area contributed by atoms with Crippen molar-refractivity contribution >= 4 is 17.7 Å². The van der Waals surface area contributed by atoms with Gasteiger partial charge >= 0.3 is 5.97 Å². The molecule has 1 rings (SSSR count). The molecular formula is C14H19NO3. The number of benzene rings is 1. The molecule has 0 spiro atoms. The van der Waals surface area contributed by atoms with Crippen LogP contribution in [0, 0.1) is 0 Å². The van der Waals surface area contributed by atoms with Crippen LogP contribution in [0.2, 0.25) is 0 Å². The normalized spacial score (nSPS) is 11.8. The third kappa shape index (κ3) is 3.26. The molecule has 4 heteroatoms. The quantitative estimate of drug-likeness (QED) is 0.365. The number of methoxy groups -OCH3 is 1. The molecule has 98 valence electrons. The van der Waals surface area contributed by atoms with Gasteiger partial charge in [-0.15, -0.1) is 0 Å². The summed E-state index contributed by atoms with van der Waals surface area (Å²) in [7, 11) is 1.30. The second-order valence-electron chi connectivity index (χ2n) is 5.11. The van der Waals surface area contributed by atoms with Gasteiger partial charge in [0, 0.05) is 11.6 Å². The number of phenols is 1. The van der Waals surface area contributed by atoms with Crippen molar-refractivity contribution in [3.05, 3.63) is 29.3 Å². The van der Waals surface area contributed by atoms with Crippen molar-refractivity contribution in [3.8, 4) is 5.75 Å². The molecule has 18 heavy (non-hydrogen) atoms. The highest BCUT2D eigenvalue weighted by Crippen LogP contribution is 2.33. The minimum atomic E-state index is -0.478. The van der Waals surface area contributed by atoms with E-state index in [-0.39, 0.29) is 11.2 Å². The maximum Gasteiger partial charge on any atom is 0.330 e. The van der Waals surface area contributed by atoms with E-state index in [1.165, 1.54) is 19.3 Å². The van der Waals surface area contributed by atoms with Crippen LogP contribution in [0.1, 0.15) is 31.9 Å². The molecule has 0 aliphatic carbocycles. The number of anilines is 1. The molecule has 1 aromatic rings. The molecule has 0 heterocycles.